The molecular weight excluding hydrogens is 326 g/mol. The maximum atomic E-state index is 13.4. The Bertz CT molecular complexity index is 384. The van der Waals surface area contributed by atoms with Crippen molar-refractivity contribution in [2.24, 2.45) is 23.2 Å². The van der Waals surface area contributed by atoms with Gasteiger partial charge in [0.25, 0.3) is 0 Å². The van der Waals surface area contributed by atoms with E-state index in [1.54, 1.807) is 0 Å². The lowest BCUT2D eigenvalue weighted by Crippen LogP contribution is -2.57. The van der Waals surface area contributed by atoms with E-state index in [9.17, 15) is 4.79 Å². The summed E-state index contributed by atoms with van der Waals surface area (Å²) in [5.41, 5.74) is 0.0661. The van der Waals surface area contributed by atoms with Crippen LogP contribution in [0, 0.1) is 23.2 Å². The maximum absolute atomic E-state index is 13.4. The molecule has 2 nitrogen and oxygen atoms in total. The second-order valence-electron chi connectivity index (χ2n) is 8.32. The highest BCUT2D eigenvalue weighted by Gasteiger charge is 2.56. The molecule has 0 spiro atoms. The van der Waals surface area contributed by atoms with E-state index >= 15 is 0 Å². The largest absolute Gasteiger partial charge is 0.339 e. The van der Waals surface area contributed by atoms with Gasteiger partial charge in [-0.05, 0) is 82.0 Å². The third-order valence-electron chi connectivity index (χ3n) is 6.82. The lowest BCUT2D eigenvalue weighted by Gasteiger charge is -2.57. The first-order chi connectivity index (χ1) is 10.2. The zero-order valence-corrected chi connectivity index (χ0v) is 14.6. The molecule has 1 heterocycles. The summed E-state index contributed by atoms with van der Waals surface area (Å²) in [7, 11) is 0. The Hall–Kier alpha value is -0.0500. The van der Waals surface area contributed by atoms with E-state index in [1.807, 2.05) is 0 Å². The molecule has 5 aliphatic rings. The molecule has 0 N–H and O–H groups in total. The van der Waals surface area contributed by atoms with Gasteiger partial charge in [0.05, 0.1) is 5.41 Å². The van der Waals surface area contributed by atoms with E-state index in [4.69, 9.17) is 0 Å². The van der Waals surface area contributed by atoms with Crippen LogP contribution >= 0.6 is 15.9 Å². The van der Waals surface area contributed by atoms with Crippen LogP contribution in [0.4, 0.5) is 0 Å². The summed E-state index contributed by atoms with van der Waals surface area (Å²) in [5.74, 6) is 3.19. The first-order valence-corrected chi connectivity index (χ1v) is 10.2. The molecule has 1 atom stereocenters. The second kappa shape index (κ2) is 5.54. The van der Waals surface area contributed by atoms with Gasteiger partial charge in [-0.15, -0.1) is 0 Å². The number of hydrogen-bond acceptors (Lipinski definition) is 1. The van der Waals surface area contributed by atoms with Crippen LogP contribution in [0.15, 0.2) is 0 Å². The Morgan fingerprint density at radius 3 is 2.24 bits per heavy atom. The van der Waals surface area contributed by atoms with Crippen molar-refractivity contribution >= 4 is 21.8 Å². The minimum absolute atomic E-state index is 0.0661. The Morgan fingerprint density at radius 2 is 1.67 bits per heavy atom. The standard InChI is InChI=1S/C18H28BrNO/c19-5-4-16-3-1-2-6-20(16)17(21)18-10-13-7-14(11-18)9-15(8-13)12-18/h13-16H,1-12H2. The van der Waals surface area contributed by atoms with Gasteiger partial charge < -0.3 is 4.90 Å². The minimum Gasteiger partial charge on any atom is -0.339 e. The van der Waals surface area contributed by atoms with Gasteiger partial charge in [-0.25, -0.2) is 0 Å². The van der Waals surface area contributed by atoms with E-state index in [2.05, 4.69) is 20.8 Å². The fourth-order valence-corrected chi connectivity index (χ4v) is 6.90. The van der Waals surface area contributed by atoms with E-state index in [1.165, 1.54) is 57.8 Å². The number of amides is 1. The van der Waals surface area contributed by atoms with Crippen LogP contribution in [0.3, 0.4) is 0 Å². The lowest BCUT2D eigenvalue weighted by atomic mass is 9.49. The van der Waals surface area contributed by atoms with Gasteiger partial charge in [-0.3, -0.25) is 4.79 Å². The first kappa shape index (κ1) is 14.5. The van der Waals surface area contributed by atoms with E-state index in [-0.39, 0.29) is 5.41 Å². The van der Waals surface area contributed by atoms with Crippen molar-refractivity contribution in [3.05, 3.63) is 0 Å². The Morgan fingerprint density at radius 1 is 1.05 bits per heavy atom. The van der Waals surface area contributed by atoms with Crippen molar-refractivity contribution in [1.29, 1.82) is 0 Å². The summed E-state index contributed by atoms with van der Waals surface area (Å²) in [4.78, 5) is 15.8. The number of hydrogen-bond donors (Lipinski definition) is 0. The van der Waals surface area contributed by atoms with E-state index < -0.39 is 0 Å². The Balaban J connectivity index is 1.55. The van der Waals surface area contributed by atoms with Crippen molar-refractivity contribution in [1.82, 2.24) is 4.90 Å². The minimum atomic E-state index is 0.0661. The normalized spacial score (nSPS) is 45.1. The summed E-state index contributed by atoms with van der Waals surface area (Å²) in [6, 6.07) is 0.513. The average Bonchev–Trinajstić information content (AvgIpc) is 2.46. The van der Waals surface area contributed by atoms with Crippen LogP contribution < -0.4 is 0 Å². The molecule has 4 aliphatic carbocycles. The summed E-state index contributed by atoms with van der Waals surface area (Å²) in [6.07, 6.45) is 12.8. The Kier molecular flexibility index (Phi) is 3.84. The molecule has 5 rings (SSSR count). The second-order valence-corrected chi connectivity index (χ2v) is 9.12. The molecule has 1 unspecified atom stereocenters. The van der Waals surface area contributed by atoms with E-state index in [0.717, 1.165) is 36.0 Å². The number of nitrogens with zero attached hydrogens (tertiary/aromatic N) is 1. The molecular formula is C18H28BrNO. The smallest absolute Gasteiger partial charge is 0.229 e. The molecule has 0 aromatic rings. The van der Waals surface area contributed by atoms with Crippen LogP contribution in [0.5, 0.6) is 0 Å². The van der Waals surface area contributed by atoms with Gasteiger partial charge in [-0.2, -0.15) is 0 Å². The summed E-state index contributed by atoms with van der Waals surface area (Å²) in [5, 5.41) is 1.03. The predicted molar refractivity (Wildman–Crippen MR) is 88.4 cm³/mol. The number of alkyl halides is 1. The van der Waals surface area contributed by atoms with Crippen LogP contribution in [0.1, 0.15) is 64.2 Å². The number of piperidine rings is 1. The predicted octanol–water partition coefficient (Wildman–Crippen LogP) is 4.37. The van der Waals surface area contributed by atoms with Crippen LogP contribution in [-0.2, 0) is 4.79 Å². The van der Waals surface area contributed by atoms with Crippen LogP contribution in [-0.4, -0.2) is 28.7 Å². The van der Waals surface area contributed by atoms with Gasteiger partial charge in [-0.1, -0.05) is 15.9 Å². The summed E-state index contributed by atoms with van der Waals surface area (Å²) < 4.78 is 0. The van der Waals surface area contributed by atoms with Gasteiger partial charge >= 0.3 is 0 Å². The van der Waals surface area contributed by atoms with Crippen molar-refractivity contribution in [3.63, 3.8) is 0 Å². The third kappa shape index (κ3) is 2.48. The summed E-state index contributed by atoms with van der Waals surface area (Å²) in [6.45, 7) is 1.03. The highest BCUT2D eigenvalue weighted by atomic mass is 79.9. The molecule has 118 valence electrons. The number of carbonyl (C=O) groups is 1. The zero-order valence-electron chi connectivity index (χ0n) is 13.0. The highest BCUT2D eigenvalue weighted by Crippen LogP contribution is 2.60. The molecule has 1 saturated heterocycles. The fourth-order valence-electron chi connectivity index (χ4n) is 6.37. The molecule has 1 amide bonds. The third-order valence-corrected chi connectivity index (χ3v) is 7.28. The van der Waals surface area contributed by atoms with Gasteiger partial charge in [0.15, 0.2) is 0 Å². The van der Waals surface area contributed by atoms with Crippen molar-refractivity contribution in [3.8, 4) is 0 Å². The molecule has 1 aliphatic heterocycles. The van der Waals surface area contributed by atoms with Gasteiger partial charge in [0.1, 0.15) is 0 Å². The number of carbonyl (C=O) groups excluding carboxylic acids is 1. The number of halogens is 1. The van der Waals surface area contributed by atoms with Gasteiger partial charge in [0, 0.05) is 17.9 Å². The van der Waals surface area contributed by atoms with Crippen molar-refractivity contribution < 1.29 is 4.79 Å². The van der Waals surface area contributed by atoms with Crippen molar-refractivity contribution in [2.75, 3.05) is 11.9 Å². The molecule has 0 radical (unpaired) electrons. The zero-order chi connectivity index (χ0) is 14.4. The number of likely N-dealkylation sites (tertiary alicyclic amines) is 1. The molecule has 4 bridgehead atoms. The Labute approximate surface area is 137 Å². The fraction of sp³-hybridized carbons (Fsp3) is 0.944. The summed E-state index contributed by atoms with van der Waals surface area (Å²) >= 11 is 3.59. The first-order valence-electron chi connectivity index (χ1n) is 9.07. The number of rotatable bonds is 3. The molecule has 21 heavy (non-hydrogen) atoms. The maximum Gasteiger partial charge on any atom is 0.229 e. The molecule has 3 heteroatoms. The van der Waals surface area contributed by atoms with Crippen LogP contribution in [0.2, 0.25) is 0 Å². The molecule has 5 fully saturated rings. The van der Waals surface area contributed by atoms with E-state index in [0.29, 0.717) is 11.9 Å². The lowest BCUT2D eigenvalue weighted by molar-refractivity contribution is -0.161. The topological polar surface area (TPSA) is 20.3 Å². The monoisotopic (exact) mass is 353 g/mol. The van der Waals surface area contributed by atoms with Crippen molar-refractivity contribution in [2.45, 2.75) is 70.3 Å². The van der Waals surface area contributed by atoms with Crippen LogP contribution in [0.25, 0.3) is 0 Å². The highest BCUT2D eigenvalue weighted by molar-refractivity contribution is 9.09. The average molecular weight is 354 g/mol. The molecule has 0 aromatic carbocycles. The quantitative estimate of drug-likeness (QED) is 0.689. The molecule has 0 aromatic heterocycles. The SMILES string of the molecule is O=C(N1CCCCC1CCBr)C12CC3CC(CC(C3)C1)C2. The van der Waals surface area contributed by atoms with Gasteiger partial charge in [0.2, 0.25) is 5.91 Å². The molecule has 4 saturated carbocycles.